The molecular formula is C21H17N5O. The topological polar surface area (TPSA) is 74.8 Å². The molecule has 2 aromatic carbocycles. The maximum atomic E-state index is 12.3. The summed E-state index contributed by atoms with van der Waals surface area (Å²) in [5, 5.41) is 0.970. The Morgan fingerprint density at radius 2 is 1.70 bits per heavy atom. The number of fused-ring (bicyclic) bond motifs is 2. The van der Waals surface area contributed by atoms with E-state index < -0.39 is 0 Å². The molecule has 0 atom stereocenters. The number of benzene rings is 2. The third-order valence-corrected chi connectivity index (χ3v) is 4.82. The smallest absolute Gasteiger partial charge is 0.256 e. The van der Waals surface area contributed by atoms with E-state index in [1.165, 1.54) is 0 Å². The van der Waals surface area contributed by atoms with Crippen LogP contribution in [0.1, 0.15) is 17.1 Å². The Bertz CT molecular complexity index is 1220. The van der Waals surface area contributed by atoms with E-state index >= 15 is 0 Å². The molecule has 6 heteroatoms. The Morgan fingerprint density at radius 3 is 2.56 bits per heavy atom. The summed E-state index contributed by atoms with van der Waals surface area (Å²) in [5.74, 6) is 2.14. The highest BCUT2D eigenvalue weighted by Crippen LogP contribution is 2.31. The normalized spacial score (nSPS) is 13.1. The molecule has 27 heavy (non-hydrogen) atoms. The van der Waals surface area contributed by atoms with Crippen LogP contribution in [0, 0.1) is 6.92 Å². The molecule has 5 rings (SSSR count). The monoisotopic (exact) mass is 355 g/mol. The molecule has 0 amide bonds. The second-order valence-corrected chi connectivity index (χ2v) is 6.69. The lowest BCUT2D eigenvalue weighted by atomic mass is 10.2. The summed E-state index contributed by atoms with van der Waals surface area (Å²) in [6.07, 6.45) is 0. The molecule has 0 fully saturated rings. The Morgan fingerprint density at radius 1 is 0.926 bits per heavy atom. The SMILES string of the molecule is Cc1nc2c(c(=O)[nH]1)CN(c1nc(-c3ccccc3)nc3ccccc13)C2. The molecule has 0 saturated carbocycles. The number of rotatable bonds is 2. The number of nitrogens with zero attached hydrogens (tertiary/aromatic N) is 4. The molecule has 0 spiro atoms. The lowest BCUT2D eigenvalue weighted by molar-refractivity contribution is 0.850. The van der Waals surface area contributed by atoms with Gasteiger partial charge < -0.3 is 9.88 Å². The van der Waals surface area contributed by atoms with Crippen molar-refractivity contribution < 1.29 is 0 Å². The highest BCUT2D eigenvalue weighted by Gasteiger charge is 2.26. The predicted octanol–water partition coefficient (Wildman–Crippen LogP) is 3.21. The molecule has 6 nitrogen and oxygen atoms in total. The van der Waals surface area contributed by atoms with Gasteiger partial charge in [0, 0.05) is 10.9 Å². The maximum Gasteiger partial charge on any atom is 0.256 e. The average Bonchev–Trinajstić information content (AvgIpc) is 3.12. The van der Waals surface area contributed by atoms with Crippen molar-refractivity contribution in [2.45, 2.75) is 20.0 Å². The van der Waals surface area contributed by atoms with Crippen LogP contribution in [0.25, 0.3) is 22.3 Å². The van der Waals surface area contributed by atoms with Gasteiger partial charge in [0.15, 0.2) is 5.82 Å². The number of anilines is 1. The Hall–Kier alpha value is -3.54. The molecule has 1 aliphatic rings. The lowest BCUT2D eigenvalue weighted by Gasteiger charge is -2.19. The molecule has 1 aliphatic heterocycles. The number of aromatic amines is 1. The summed E-state index contributed by atoms with van der Waals surface area (Å²) >= 11 is 0. The highest BCUT2D eigenvalue weighted by molar-refractivity contribution is 5.91. The summed E-state index contributed by atoms with van der Waals surface area (Å²) in [5.41, 5.74) is 3.31. The summed E-state index contributed by atoms with van der Waals surface area (Å²) in [4.78, 5) is 31.3. The highest BCUT2D eigenvalue weighted by atomic mass is 16.1. The number of para-hydroxylation sites is 1. The summed E-state index contributed by atoms with van der Waals surface area (Å²) in [6.45, 7) is 2.86. The van der Waals surface area contributed by atoms with Crippen LogP contribution in [0.3, 0.4) is 0 Å². The molecule has 0 aliphatic carbocycles. The van der Waals surface area contributed by atoms with Crippen molar-refractivity contribution in [3.8, 4) is 11.4 Å². The van der Waals surface area contributed by atoms with E-state index in [1.54, 1.807) is 6.92 Å². The van der Waals surface area contributed by atoms with E-state index in [0.717, 1.165) is 28.0 Å². The van der Waals surface area contributed by atoms with E-state index in [4.69, 9.17) is 9.97 Å². The van der Waals surface area contributed by atoms with Crippen LogP contribution in [0.15, 0.2) is 59.4 Å². The summed E-state index contributed by atoms with van der Waals surface area (Å²) in [6, 6.07) is 17.9. The molecule has 0 unspecified atom stereocenters. The third kappa shape index (κ3) is 2.66. The number of aromatic nitrogens is 4. The summed E-state index contributed by atoms with van der Waals surface area (Å²) < 4.78 is 0. The quantitative estimate of drug-likeness (QED) is 0.598. The lowest BCUT2D eigenvalue weighted by Crippen LogP contribution is -2.19. The van der Waals surface area contributed by atoms with Crippen LogP contribution >= 0.6 is 0 Å². The second-order valence-electron chi connectivity index (χ2n) is 6.69. The molecule has 0 saturated heterocycles. The van der Waals surface area contributed by atoms with Crippen molar-refractivity contribution in [1.29, 1.82) is 0 Å². The minimum absolute atomic E-state index is 0.0679. The van der Waals surface area contributed by atoms with Gasteiger partial charge in [-0.05, 0) is 19.1 Å². The standard InChI is InChI=1S/C21H17N5O/c1-13-22-18-12-26(11-16(18)21(27)23-13)20-15-9-5-6-10-17(15)24-19(25-20)14-7-3-2-4-8-14/h2-10H,11-12H2,1H3,(H,22,23,27). The van der Waals surface area contributed by atoms with Gasteiger partial charge in [0.2, 0.25) is 0 Å². The number of aryl methyl sites for hydroxylation is 1. The first kappa shape index (κ1) is 15.7. The molecule has 4 aromatic rings. The second kappa shape index (κ2) is 6.02. The molecule has 3 heterocycles. The van der Waals surface area contributed by atoms with Crippen molar-refractivity contribution in [3.05, 3.63) is 82.0 Å². The average molecular weight is 355 g/mol. The van der Waals surface area contributed by atoms with Crippen LogP contribution in [-0.2, 0) is 13.1 Å². The van der Waals surface area contributed by atoms with Gasteiger partial charge in [-0.3, -0.25) is 4.79 Å². The van der Waals surface area contributed by atoms with Gasteiger partial charge in [-0.1, -0.05) is 42.5 Å². The summed E-state index contributed by atoms with van der Waals surface area (Å²) in [7, 11) is 0. The zero-order valence-electron chi connectivity index (χ0n) is 14.8. The van der Waals surface area contributed by atoms with Gasteiger partial charge in [0.05, 0.1) is 29.9 Å². The van der Waals surface area contributed by atoms with Crippen LogP contribution < -0.4 is 10.5 Å². The van der Waals surface area contributed by atoms with Gasteiger partial charge in [-0.15, -0.1) is 0 Å². The van der Waals surface area contributed by atoms with Gasteiger partial charge in [-0.25, -0.2) is 15.0 Å². The molecule has 0 bridgehead atoms. The molecule has 132 valence electrons. The Labute approximate surface area is 155 Å². The van der Waals surface area contributed by atoms with E-state index in [-0.39, 0.29) is 5.56 Å². The fourth-order valence-electron chi connectivity index (χ4n) is 3.56. The van der Waals surface area contributed by atoms with Gasteiger partial charge >= 0.3 is 0 Å². The molecule has 0 radical (unpaired) electrons. The predicted molar refractivity (Wildman–Crippen MR) is 104 cm³/mol. The minimum atomic E-state index is -0.0679. The first-order valence-corrected chi connectivity index (χ1v) is 8.85. The number of H-pyrrole nitrogens is 1. The molecular weight excluding hydrogens is 338 g/mol. The zero-order chi connectivity index (χ0) is 18.4. The van der Waals surface area contributed by atoms with Crippen LogP contribution in [0.4, 0.5) is 5.82 Å². The first-order valence-electron chi connectivity index (χ1n) is 8.85. The van der Waals surface area contributed by atoms with Crippen molar-refractivity contribution in [1.82, 2.24) is 19.9 Å². The van der Waals surface area contributed by atoms with Crippen molar-refractivity contribution in [3.63, 3.8) is 0 Å². The molecule has 2 aromatic heterocycles. The van der Waals surface area contributed by atoms with E-state index in [0.29, 0.717) is 30.3 Å². The van der Waals surface area contributed by atoms with Crippen LogP contribution in [-0.4, -0.2) is 19.9 Å². The number of nitrogens with one attached hydrogen (secondary N) is 1. The minimum Gasteiger partial charge on any atom is -0.345 e. The van der Waals surface area contributed by atoms with Crippen molar-refractivity contribution in [2.75, 3.05) is 4.90 Å². The van der Waals surface area contributed by atoms with Crippen molar-refractivity contribution >= 4 is 16.7 Å². The van der Waals surface area contributed by atoms with Gasteiger partial charge in [-0.2, -0.15) is 0 Å². The fraction of sp³-hybridized carbons (Fsp3) is 0.143. The Balaban J connectivity index is 1.67. The fourth-order valence-corrected chi connectivity index (χ4v) is 3.56. The van der Waals surface area contributed by atoms with Gasteiger partial charge in [0.1, 0.15) is 11.6 Å². The Kier molecular flexibility index (Phi) is 3.50. The number of hydrogen-bond donors (Lipinski definition) is 1. The van der Waals surface area contributed by atoms with Crippen LogP contribution in [0.2, 0.25) is 0 Å². The largest absolute Gasteiger partial charge is 0.345 e. The van der Waals surface area contributed by atoms with E-state index in [9.17, 15) is 4.79 Å². The van der Waals surface area contributed by atoms with E-state index in [2.05, 4.69) is 14.9 Å². The van der Waals surface area contributed by atoms with Crippen molar-refractivity contribution in [2.24, 2.45) is 0 Å². The first-order chi connectivity index (χ1) is 13.2. The molecule has 1 N–H and O–H groups in total. The maximum absolute atomic E-state index is 12.3. The van der Waals surface area contributed by atoms with E-state index in [1.807, 2.05) is 54.6 Å². The van der Waals surface area contributed by atoms with Crippen LogP contribution in [0.5, 0.6) is 0 Å². The third-order valence-electron chi connectivity index (χ3n) is 4.82. The van der Waals surface area contributed by atoms with Gasteiger partial charge in [0.25, 0.3) is 5.56 Å². The number of hydrogen-bond acceptors (Lipinski definition) is 5. The zero-order valence-corrected chi connectivity index (χ0v) is 14.8.